The number of nitrogens with zero attached hydrogens (tertiary/aromatic N) is 2. The van der Waals surface area contributed by atoms with Crippen LogP contribution < -0.4 is 5.32 Å². The molecule has 0 amide bonds. The van der Waals surface area contributed by atoms with Crippen LogP contribution in [0.4, 0.5) is 11.4 Å². The molecule has 1 aromatic carbocycles. The van der Waals surface area contributed by atoms with Crippen LogP contribution in [0.1, 0.15) is 10.5 Å². The second kappa shape index (κ2) is 4.97. The number of carboxylic acid groups (broad SMARTS) is 1. The van der Waals surface area contributed by atoms with Gasteiger partial charge in [0.05, 0.1) is 17.4 Å². The molecule has 0 saturated carbocycles. The maximum absolute atomic E-state index is 10.9. The monoisotopic (exact) mass is 265 g/mol. The van der Waals surface area contributed by atoms with Gasteiger partial charge in [0.15, 0.2) is 0 Å². The predicted molar refractivity (Wildman–Crippen MR) is 76.2 cm³/mol. The number of nitrogens with one attached hydrogen (secondary N) is 1. The molecule has 0 unspecified atom stereocenters. The van der Waals surface area contributed by atoms with E-state index in [9.17, 15) is 4.79 Å². The van der Waals surface area contributed by atoms with E-state index in [1.807, 2.05) is 30.3 Å². The molecule has 0 fully saturated rings. The standard InChI is InChI=1S/C15H11N3O2/c19-15(20)14-8-11(5-6-16-14)18-12-7-10-3-1-2-4-13(10)17-9-12/h1-9H,(H,16,18)(H,19,20). The van der Waals surface area contributed by atoms with Gasteiger partial charge in [-0.2, -0.15) is 0 Å². The van der Waals surface area contributed by atoms with Crippen molar-refractivity contribution in [2.24, 2.45) is 0 Å². The van der Waals surface area contributed by atoms with Crippen molar-refractivity contribution in [3.05, 3.63) is 60.6 Å². The maximum atomic E-state index is 10.9. The number of hydrogen-bond acceptors (Lipinski definition) is 4. The lowest BCUT2D eigenvalue weighted by Gasteiger charge is -2.07. The summed E-state index contributed by atoms with van der Waals surface area (Å²) >= 11 is 0. The van der Waals surface area contributed by atoms with Crippen LogP contribution in [0.5, 0.6) is 0 Å². The highest BCUT2D eigenvalue weighted by molar-refractivity contribution is 5.87. The molecule has 20 heavy (non-hydrogen) atoms. The Kier molecular flexibility index (Phi) is 3.01. The zero-order chi connectivity index (χ0) is 13.9. The van der Waals surface area contributed by atoms with Crippen LogP contribution in [0, 0.1) is 0 Å². The summed E-state index contributed by atoms with van der Waals surface area (Å²) in [5, 5.41) is 13.1. The number of para-hydroxylation sites is 1. The van der Waals surface area contributed by atoms with Crippen LogP contribution in [-0.2, 0) is 0 Å². The first-order chi connectivity index (χ1) is 9.72. The molecular formula is C15H11N3O2. The topological polar surface area (TPSA) is 75.1 Å². The second-order valence-corrected chi connectivity index (χ2v) is 4.28. The summed E-state index contributed by atoms with van der Waals surface area (Å²) in [4.78, 5) is 19.0. The van der Waals surface area contributed by atoms with E-state index in [1.54, 1.807) is 12.3 Å². The quantitative estimate of drug-likeness (QED) is 0.761. The second-order valence-electron chi connectivity index (χ2n) is 4.28. The Hall–Kier alpha value is -2.95. The Morgan fingerprint density at radius 2 is 1.90 bits per heavy atom. The van der Waals surface area contributed by atoms with Gasteiger partial charge in [-0.05, 0) is 24.3 Å². The Bertz CT molecular complexity index is 787. The molecule has 3 rings (SSSR count). The summed E-state index contributed by atoms with van der Waals surface area (Å²) in [5.41, 5.74) is 2.38. The highest BCUT2D eigenvalue weighted by atomic mass is 16.4. The number of aromatic carboxylic acids is 1. The van der Waals surface area contributed by atoms with Gasteiger partial charge in [-0.25, -0.2) is 9.78 Å². The van der Waals surface area contributed by atoms with Gasteiger partial charge in [-0.1, -0.05) is 18.2 Å². The molecular weight excluding hydrogens is 254 g/mol. The lowest BCUT2D eigenvalue weighted by atomic mass is 10.2. The molecule has 5 nitrogen and oxygen atoms in total. The van der Waals surface area contributed by atoms with Crippen LogP contribution in [0.15, 0.2) is 54.9 Å². The van der Waals surface area contributed by atoms with Crippen molar-refractivity contribution >= 4 is 28.2 Å². The van der Waals surface area contributed by atoms with Gasteiger partial charge in [0, 0.05) is 17.3 Å². The molecule has 2 N–H and O–H groups in total. The van der Waals surface area contributed by atoms with Crippen LogP contribution in [0.3, 0.4) is 0 Å². The number of benzene rings is 1. The van der Waals surface area contributed by atoms with Gasteiger partial charge in [0.25, 0.3) is 0 Å². The minimum absolute atomic E-state index is 0.00347. The van der Waals surface area contributed by atoms with Crippen LogP contribution >= 0.6 is 0 Å². The van der Waals surface area contributed by atoms with Crippen LogP contribution in [0.25, 0.3) is 10.9 Å². The lowest BCUT2D eigenvalue weighted by Crippen LogP contribution is -2.01. The molecule has 0 saturated heterocycles. The summed E-state index contributed by atoms with van der Waals surface area (Å²) in [6.45, 7) is 0. The molecule has 0 aliphatic carbocycles. The fourth-order valence-electron chi connectivity index (χ4n) is 1.93. The molecule has 0 radical (unpaired) electrons. The van der Waals surface area contributed by atoms with Crippen molar-refractivity contribution in [1.82, 2.24) is 9.97 Å². The average molecular weight is 265 g/mol. The molecule has 0 bridgehead atoms. The van der Waals surface area contributed by atoms with Crippen LogP contribution in [-0.4, -0.2) is 21.0 Å². The third-order valence-electron chi connectivity index (χ3n) is 2.86. The fourth-order valence-corrected chi connectivity index (χ4v) is 1.93. The third kappa shape index (κ3) is 2.42. The lowest BCUT2D eigenvalue weighted by molar-refractivity contribution is 0.0690. The highest BCUT2D eigenvalue weighted by Gasteiger charge is 2.05. The summed E-state index contributed by atoms with van der Waals surface area (Å²) < 4.78 is 0. The van der Waals surface area contributed by atoms with Crippen molar-refractivity contribution in [2.45, 2.75) is 0 Å². The molecule has 2 aromatic heterocycles. The van der Waals surface area contributed by atoms with E-state index in [0.29, 0.717) is 5.69 Å². The normalized spacial score (nSPS) is 10.4. The van der Waals surface area contributed by atoms with Crippen molar-refractivity contribution in [3.63, 3.8) is 0 Å². The van der Waals surface area contributed by atoms with E-state index in [0.717, 1.165) is 16.6 Å². The predicted octanol–water partition coefficient (Wildman–Crippen LogP) is 3.07. The Morgan fingerprint density at radius 1 is 1.05 bits per heavy atom. The van der Waals surface area contributed by atoms with Gasteiger partial charge in [0.1, 0.15) is 5.69 Å². The molecule has 0 spiro atoms. The van der Waals surface area contributed by atoms with Gasteiger partial charge in [-0.15, -0.1) is 0 Å². The van der Waals surface area contributed by atoms with Gasteiger partial charge in [-0.3, -0.25) is 4.98 Å². The van der Waals surface area contributed by atoms with E-state index >= 15 is 0 Å². The number of aromatic nitrogens is 2. The molecule has 0 aliphatic heterocycles. The van der Waals surface area contributed by atoms with Crippen molar-refractivity contribution in [3.8, 4) is 0 Å². The largest absolute Gasteiger partial charge is 0.477 e. The number of pyridine rings is 2. The van der Waals surface area contributed by atoms with Gasteiger partial charge in [0.2, 0.25) is 0 Å². The maximum Gasteiger partial charge on any atom is 0.354 e. The van der Waals surface area contributed by atoms with Gasteiger partial charge >= 0.3 is 5.97 Å². The SMILES string of the molecule is O=C(O)c1cc(Nc2cnc3ccccc3c2)ccn1. The molecule has 0 atom stereocenters. The number of hydrogen-bond donors (Lipinski definition) is 2. The Morgan fingerprint density at radius 3 is 2.75 bits per heavy atom. The third-order valence-corrected chi connectivity index (χ3v) is 2.86. The summed E-state index contributed by atoms with van der Waals surface area (Å²) in [7, 11) is 0. The average Bonchev–Trinajstić information content (AvgIpc) is 2.47. The first-order valence-corrected chi connectivity index (χ1v) is 6.03. The smallest absolute Gasteiger partial charge is 0.354 e. The minimum atomic E-state index is -1.05. The zero-order valence-corrected chi connectivity index (χ0v) is 10.4. The molecule has 98 valence electrons. The molecule has 5 heteroatoms. The molecule has 0 aliphatic rings. The van der Waals surface area contributed by atoms with Gasteiger partial charge < -0.3 is 10.4 Å². The molecule has 2 heterocycles. The number of anilines is 2. The number of carboxylic acids is 1. The van der Waals surface area contributed by atoms with Crippen molar-refractivity contribution < 1.29 is 9.90 Å². The first-order valence-electron chi connectivity index (χ1n) is 6.03. The van der Waals surface area contributed by atoms with E-state index < -0.39 is 5.97 Å². The number of rotatable bonds is 3. The summed E-state index contributed by atoms with van der Waals surface area (Å²) in [6, 6.07) is 13.0. The minimum Gasteiger partial charge on any atom is -0.477 e. The fraction of sp³-hybridized carbons (Fsp3) is 0. The number of fused-ring (bicyclic) bond motifs is 1. The number of carbonyl (C=O) groups is 1. The van der Waals surface area contributed by atoms with E-state index in [1.165, 1.54) is 12.3 Å². The Labute approximate surface area is 114 Å². The summed E-state index contributed by atoms with van der Waals surface area (Å²) in [5.74, 6) is -1.05. The van der Waals surface area contributed by atoms with E-state index in [2.05, 4.69) is 15.3 Å². The summed E-state index contributed by atoms with van der Waals surface area (Å²) in [6.07, 6.45) is 3.17. The zero-order valence-electron chi connectivity index (χ0n) is 10.4. The van der Waals surface area contributed by atoms with E-state index in [4.69, 9.17) is 5.11 Å². The van der Waals surface area contributed by atoms with Crippen molar-refractivity contribution in [2.75, 3.05) is 5.32 Å². The highest BCUT2D eigenvalue weighted by Crippen LogP contribution is 2.20. The first kappa shape index (κ1) is 12.1. The molecule has 3 aromatic rings. The van der Waals surface area contributed by atoms with Crippen LogP contribution in [0.2, 0.25) is 0 Å². The Balaban J connectivity index is 1.92. The van der Waals surface area contributed by atoms with E-state index in [-0.39, 0.29) is 5.69 Å². The van der Waals surface area contributed by atoms with Crippen molar-refractivity contribution in [1.29, 1.82) is 0 Å².